The number of H-pyrrole nitrogens is 1. The number of aromatic nitrogens is 3. The van der Waals surface area contributed by atoms with Crippen LogP contribution in [0.2, 0.25) is 0 Å². The number of carbonyl (C=O) groups excluding carboxylic acids is 1. The van der Waals surface area contributed by atoms with Crippen molar-refractivity contribution in [2.45, 2.75) is 19.5 Å². The summed E-state index contributed by atoms with van der Waals surface area (Å²) in [5, 5.41) is 10.0. The van der Waals surface area contributed by atoms with Crippen molar-refractivity contribution in [3.05, 3.63) is 82.6 Å². The van der Waals surface area contributed by atoms with Crippen LogP contribution in [0.25, 0.3) is 22.5 Å². The molecule has 8 heteroatoms. The summed E-state index contributed by atoms with van der Waals surface area (Å²) < 4.78 is 12.9. The lowest BCUT2D eigenvalue weighted by atomic mass is 10.0. The number of nitrogens with zero attached hydrogens (tertiary/aromatic N) is 2. The molecular formula is C26H24N4O3S. The van der Waals surface area contributed by atoms with Crippen molar-refractivity contribution in [1.82, 2.24) is 20.1 Å². The summed E-state index contributed by atoms with van der Waals surface area (Å²) in [4.78, 5) is 12.7. The van der Waals surface area contributed by atoms with Gasteiger partial charge < -0.3 is 14.8 Å². The smallest absolute Gasteiger partial charge is 0.240 e. The van der Waals surface area contributed by atoms with Gasteiger partial charge >= 0.3 is 0 Å². The van der Waals surface area contributed by atoms with E-state index in [0.717, 1.165) is 41.2 Å². The summed E-state index contributed by atoms with van der Waals surface area (Å²) in [6, 6.07) is 22.0. The minimum atomic E-state index is -0.144. The molecule has 5 rings (SSSR count). The molecule has 2 N–H and O–H groups in total. The average Bonchev–Trinajstić information content (AvgIpc) is 3.49. The van der Waals surface area contributed by atoms with Crippen LogP contribution in [0.4, 0.5) is 0 Å². The highest BCUT2D eigenvalue weighted by Gasteiger charge is 2.14. The van der Waals surface area contributed by atoms with Crippen LogP contribution in [-0.2, 0) is 24.3 Å². The fourth-order valence-electron chi connectivity index (χ4n) is 4.01. The van der Waals surface area contributed by atoms with E-state index in [1.165, 1.54) is 11.1 Å². The Morgan fingerprint density at radius 2 is 1.82 bits per heavy atom. The summed E-state index contributed by atoms with van der Waals surface area (Å²) in [5.74, 6) is 2.19. The third-order valence-corrected chi connectivity index (χ3v) is 6.19. The van der Waals surface area contributed by atoms with Gasteiger partial charge in [-0.25, -0.2) is 0 Å². The molecule has 0 atom stereocenters. The fraction of sp³-hybridized carbons (Fsp3) is 0.192. The van der Waals surface area contributed by atoms with Gasteiger partial charge in [-0.1, -0.05) is 30.3 Å². The maximum absolute atomic E-state index is 12.7. The van der Waals surface area contributed by atoms with E-state index in [1.54, 1.807) is 11.7 Å². The Bertz CT molecular complexity index is 1370. The van der Waals surface area contributed by atoms with Gasteiger partial charge in [-0.2, -0.15) is 5.10 Å². The first-order valence-corrected chi connectivity index (χ1v) is 11.4. The first kappa shape index (κ1) is 21.9. The number of nitrogens with one attached hydrogen (secondary N) is 2. The normalized spacial score (nSPS) is 12.1. The predicted molar refractivity (Wildman–Crippen MR) is 132 cm³/mol. The summed E-state index contributed by atoms with van der Waals surface area (Å²) in [7, 11) is 1.62. The molecule has 7 nitrogen and oxygen atoms in total. The SMILES string of the molecule is COc1ccc(-c2n[nH]c(=S)n2CC(=O)NCc2ccc(-c3ccc4c(c3)CCO4)cc2)cc1. The van der Waals surface area contributed by atoms with Crippen molar-refractivity contribution in [2.24, 2.45) is 0 Å². The van der Waals surface area contributed by atoms with Gasteiger partial charge in [0.15, 0.2) is 10.6 Å². The Balaban J connectivity index is 1.22. The molecule has 3 aromatic carbocycles. The van der Waals surface area contributed by atoms with Crippen LogP contribution in [0.15, 0.2) is 66.7 Å². The van der Waals surface area contributed by atoms with Gasteiger partial charge in [-0.3, -0.25) is 14.5 Å². The quantitative estimate of drug-likeness (QED) is 0.386. The second kappa shape index (κ2) is 9.52. The van der Waals surface area contributed by atoms with E-state index >= 15 is 0 Å². The van der Waals surface area contributed by atoms with Crippen LogP contribution in [-0.4, -0.2) is 34.4 Å². The number of ether oxygens (including phenoxy) is 2. The van der Waals surface area contributed by atoms with Crippen molar-refractivity contribution in [3.8, 4) is 34.0 Å². The minimum absolute atomic E-state index is 0.0754. The maximum Gasteiger partial charge on any atom is 0.240 e. The largest absolute Gasteiger partial charge is 0.497 e. The number of aromatic amines is 1. The zero-order chi connectivity index (χ0) is 23.5. The van der Waals surface area contributed by atoms with E-state index in [1.807, 2.05) is 42.5 Å². The molecule has 0 bridgehead atoms. The Labute approximate surface area is 202 Å². The van der Waals surface area contributed by atoms with Crippen LogP contribution in [0.1, 0.15) is 11.1 Å². The zero-order valence-electron chi connectivity index (χ0n) is 18.7. The number of methoxy groups -OCH3 is 1. The molecule has 1 aromatic heterocycles. The van der Waals surface area contributed by atoms with E-state index < -0.39 is 0 Å². The molecule has 4 aromatic rings. The van der Waals surface area contributed by atoms with E-state index in [2.05, 4.69) is 39.8 Å². The van der Waals surface area contributed by atoms with Crippen molar-refractivity contribution < 1.29 is 14.3 Å². The first-order chi connectivity index (χ1) is 16.6. The molecule has 0 radical (unpaired) electrons. The van der Waals surface area contributed by atoms with Crippen LogP contribution < -0.4 is 14.8 Å². The van der Waals surface area contributed by atoms with Gasteiger partial charge in [0, 0.05) is 18.5 Å². The van der Waals surface area contributed by atoms with Gasteiger partial charge in [-0.05, 0) is 70.9 Å². The molecule has 0 saturated heterocycles. The molecule has 0 aliphatic carbocycles. The summed E-state index contributed by atoms with van der Waals surface area (Å²) in [6.45, 7) is 1.26. The lowest BCUT2D eigenvalue weighted by molar-refractivity contribution is -0.121. The highest BCUT2D eigenvalue weighted by atomic mass is 32.1. The molecule has 1 aliphatic heterocycles. The second-order valence-corrected chi connectivity index (χ2v) is 8.45. The summed E-state index contributed by atoms with van der Waals surface area (Å²) in [6.07, 6.45) is 0.953. The number of amides is 1. The van der Waals surface area contributed by atoms with Crippen molar-refractivity contribution in [2.75, 3.05) is 13.7 Å². The van der Waals surface area contributed by atoms with Gasteiger partial charge in [0.2, 0.25) is 5.91 Å². The number of benzene rings is 3. The average molecular weight is 473 g/mol. The molecule has 1 aliphatic rings. The molecule has 2 heterocycles. The van der Waals surface area contributed by atoms with Crippen molar-refractivity contribution in [3.63, 3.8) is 0 Å². The third kappa shape index (κ3) is 4.58. The Kier molecular flexibility index (Phi) is 6.14. The number of hydrogen-bond donors (Lipinski definition) is 2. The van der Waals surface area contributed by atoms with Gasteiger partial charge in [0.05, 0.1) is 13.7 Å². The predicted octanol–water partition coefficient (Wildman–Crippen LogP) is 4.53. The van der Waals surface area contributed by atoms with E-state index in [9.17, 15) is 4.79 Å². The highest BCUT2D eigenvalue weighted by Crippen LogP contribution is 2.30. The third-order valence-electron chi connectivity index (χ3n) is 5.87. The molecule has 0 fully saturated rings. The molecule has 34 heavy (non-hydrogen) atoms. The molecule has 0 unspecified atom stereocenters. The first-order valence-electron chi connectivity index (χ1n) is 11.0. The van der Waals surface area contributed by atoms with Gasteiger partial charge in [-0.15, -0.1) is 0 Å². The van der Waals surface area contributed by atoms with Crippen LogP contribution in [0.3, 0.4) is 0 Å². The van der Waals surface area contributed by atoms with E-state index in [-0.39, 0.29) is 12.5 Å². The lowest BCUT2D eigenvalue weighted by Crippen LogP contribution is -2.27. The fourth-order valence-corrected chi connectivity index (χ4v) is 4.20. The van der Waals surface area contributed by atoms with E-state index in [0.29, 0.717) is 17.1 Å². The molecule has 0 saturated carbocycles. The Hall–Kier alpha value is -3.91. The van der Waals surface area contributed by atoms with Gasteiger partial charge in [0.1, 0.15) is 18.0 Å². The number of fused-ring (bicyclic) bond motifs is 1. The van der Waals surface area contributed by atoms with Gasteiger partial charge in [0.25, 0.3) is 0 Å². The van der Waals surface area contributed by atoms with E-state index in [4.69, 9.17) is 21.7 Å². The molecule has 1 amide bonds. The van der Waals surface area contributed by atoms with Crippen molar-refractivity contribution in [1.29, 1.82) is 0 Å². The number of carbonyl (C=O) groups is 1. The second-order valence-electron chi connectivity index (χ2n) is 8.06. The maximum atomic E-state index is 12.7. The minimum Gasteiger partial charge on any atom is -0.497 e. The summed E-state index contributed by atoms with van der Waals surface area (Å²) >= 11 is 5.34. The topological polar surface area (TPSA) is 81.2 Å². The summed E-state index contributed by atoms with van der Waals surface area (Å²) in [5.41, 5.74) is 5.42. The molecule has 172 valence electrons. The standard InChI is InChI=1S/C26H24N4O3S/c1-32-22-9-6-19(7-10-22)25-28-29-26(34)30(25)16-24(31)27-15-17-2-4-18(5-3-17)20-8-11-23-21(14-20)12-13-33-23/h2-11,14H,12-13,15-16H2,1H3,(H,27,31)(H,29,34). The monoisotopic (exact) mass is 472 g/mol. The highest BCUT2D eigenvalue weighted by molar-refractivity contribution is 7.71. The number of rotatable bonds is 7. The lowest BCUT2D eigenvalue weighted by Gasteiger charge is -2.10. The molecule has 0 spiro atoms. The molecular weight excluding hydrogens is 448 g/mol. The van der Waals surface area contributed by atoms with Crippen LogP contribution in [0, 0.1) is 4.77 Å². The van der Waals surface area contributed by atoms with Crippen molar-refractivity contribution >= 4 is 18.1 Å². The Morgan fingerprint density at radius 3 is 2.59 bits per heavy atom. The Morgan fingerprint density at radius 1 is 1.09 bits per heavy atom. The van der Waals surface area contributed by atoms with Crippen LogP contribution in [0.5, 0.6) is 11.5 Å². The zero-order valence-corrected chi connectivity index (χ0v) is 19.5. The number of hydrogen-bond acceptors (Lipinski definition) is 5. The van der Waals surface area contributed by atoms with Crippen LogP contribution >= 0.6 is 12.2 Å².